The highest BCUT2D eigenvalue weighted by Crippen LogP contribution is 2.27. The smallest absolute Gasteiger partial charge is 0.227 e. The van der Waals surface area contributed by atoms with Gasteiger partial charge in [0.1, 0.15) is 5.82 Å². The van der Waals surface area contributed by atoms with Crippen molar-refractivity contribution in [3.05, 3.63) is 35.6 Å². The van der Waals surface area contributed by atoms with Gasteiger partial charge in [-0.3, -0.25) is 4.79 Å². The van der Waals surface area contributed by atoms with Crippen LogP contribution in [0.2, 0.25) is 0 Å². The molecule has 0 saturated heterocycles. The number of carbonyl (C=O) groups is 1. The van der Waals surface area contributed by atoms with E-state index < -0.39 is 5.41 Å². The van der Waals surface area contributed by atoms with Gasteiger partial charge in [0.2, 0.25) is 5.91 Å². The molecule has 1 atom stereocenters. The summed E-state index contributed by atoms with van der Waals surface area (Å²) >= 11 is 0. The van der Waals surface area contributed by atoms with E-state index in [9.17, 15) is 9.18 Å². The molecule has 3 N–H and O–H groups in total. The molecule has 3 nitrogen and oxygen atoms in total. The highest BCUT2D eigenvalue weighted by molar-refractivity contribution is 5.83. The normalized spacial score (nSPS) is 13.1. The molecule has 0 heterocycles. The van der Waals surface area contributed by atoms with Gasteiger partial charge in [-0.05, 0) is 25.8 Å². The van der Waals surface area contributed by atoms with Crippen LogP contribution in [-0.4, -0.2) is 12.5 Å². The van der Waals surface area contributed by atoms with Crippen molar-refractivity contribution in [1.82, 2.24) is 5.32 Å². The molecule has 0 saturated carbocycles. The summed E-state index contributed by atoms with van der Waals surface area (Å²) in [5, 5.41) is 2.87. The third-order valence-electron chi connectivity index (χ3n) is 3.95. The van der Waals surface area contributed by atoms with Crippen LogP contribution in [0.5, 0.6) is 0 Å². The summed E-state index contributed by atoms with van der Waals surface area (Å²) < 4.78 is 13.7. The van der Waals surface area contributed by atoms with Gasteiger partial charge >= 0.3 is 0 Å². The van der Waals surface area contributed by atoms with Gasteiger partial charge in [0, 0.05) is 12.1 Å². The van der Waals surface area contributed by atoms with Crippen LogP contribution in [-0.2, 0) is 4.79 Å². The van der Waals surface area contributed by atoms with Gasteiger partial charge in [-0.15, -0.1) is 0 Å². The minimum Gasteiger partial charge on any atom is -0.349 e. The van der Waals surface area contributed by atoms with Crippen LogP contribution in [0, 0.1) is 11.2 Å². The predicted octanol–water partition coefficient (Wildman–Crippen LogP) is 2.77. The molecule has 1 amide bonds. The topological polar surface area (TPSA) is 55.1 Å². The maximum Gasteiger partial charge on any atom is 0.227 e. The Kier molecular flexibility index (Phi) is 5.48. The van der Waals surface area contributed by atoms with Gasteiger partial charge in [0.15, 0.2) is 0 Å². The molecule has 0 aromatic heterocycles. The van der Waals surface area contributed by atoms with E-state index in [1.807, 2.05) is 13.8 Å². The van der Waals surface area contributed by atoms with Gasteiger partial charge in [0.25, 0.3) is 0 Å². The van der Waals surface area contributed by atoms with Crippen molar-refractivity contribution in [3.8, 4) is 0 Å². The minimum atomic E-state index is -0.556. The molecule has 1 rings (SSSR count). The Morgan fingerprint density at radius 2 is 1.95 bits per heavy atom. The first kappa shape index (κ1) is 15.6. The zero-order valence-electron chi connectivity index (χ0n) is 11.9. The average molecular weight is 266 g/mol. The Morgan fingerprint density at radius 3 is 2.42 bits per heavy atom. The van der Waals surface area contributed by atoms with Gasteiger partial charge in [-0.1, -0.05) is 32.0 Å². The lowest BCUT2D eigenvalue weighted by molar-refractivity contribution is -0.131. The molecule has 106 valence electrons. The average Bonchev–Trinajstić information content (AvgIpc) is 2.41. The van der Waals surface area contributed by atoms with Gasteiger partial charge in [-0.2, -0.15) is 0 Å². The first-order valence-electron chi connectivity index (χ1n) is 6.76. The van der Waals surface area contributed by atoms with E-state index in [2.05, 4.69) is 5.32 Å². The highest BCUT2D eigenvalue weighted by Gasteiger charge is 2.34. The quantitative estimate of drug-likeness (QED) is 0.832. The summed E-state index contributed by atoms with van der Waals surface area (Å²) in [7, 11) is 0. The Bertz CT molecular complexity index is 422. The van der Waals surface area contributed by atoms with Crippen LogP contribution in [0.25, 0.3) is 0 Å². The summed E-state index contributed by atoms with van der Waals surface area (Å²) in [6, 6.07) is 6.11. The number of amides is 1. The Morgan fingerprint density at radius 1 is 1.37 bits per heavy atom. The first-order valence-corrected chi connectivity index (χ1v) is 6.76. The number of nitrogens with one attached hydrogen (secondary N) is 1. The van der Waals surface area contributed by atoms with Gasteiger partial charge < -0.3 is 11.1 Å². The molecule has 0 fully saturated rings. The summed E-state index contributed by atoms with van der Waals surface area (Å²) in [6.07, 6.45) is 1.35. The van der Waals surface area contributed by atoms with Crippen molar-refractivity contribution in [3.63, 3.8) is 0 Å². The number of halogens is 1. The number of hydrogen-bond donors (Lipinski definition) is 2. The molecule has 1 aromatic carbocycles. The van der Waals surface area contributed by atoms with E-state index in [-0.39, 0.29) is 17.8 Å². The summed E-state index contributed by atoms with van der Waals surface area (Å²) in [4.78, 5) is 12.3. The zero-order chi connectivity index (χ0) is 14.5. The second kappa shape index (κ2) is 6.66. The number of nitrogens with two attached hydrogens (primary N) is 1. The van der Waals surface area contributed by atoms with Gasteiger partial charge in [-0.25, -0.2) is 4.39 Å². The van der Waals surface area contributed by atoms with Crippen LogP contribution >= 0.6 is 0 Å². The lowest BCUT2D eigenvalue weighted by Gasteiger charge is -2.30. The monoisotopic (exact) mass is 266 g/mol. The van der Waals surface area contributed by atoms with Crippen molar-refractivity contribution in [2.24, 2.45) is 11.1 Å². The molecule has 0 spiro atoms. The number of hydrogen-bond acceptors (Lipinski definition) is 2. The molecule has 0 radical (unpaired) electrons. The molecule has 1 unspecified atom stereocenters. The van der Waals surface area contributed by atoms with E-state index in [1.165, 1.54) is 6.07 Å². The maximum absolute atomic E-state index is 13.7. The summed E-state index contributed by atoms with van der Waals surface area (Å²) in [6.45, 7) is 5.98. The van der Waals surface area contributed by atoms with Crippen LogP contribution in [0.15, 0.2) is 24.3 Å². The third kappa shape index (κ3) is 3.32. The lowest BCUT2D eigenvalue weighted by atomic mass is 9.81. The summed E-state index contributed by atoms with van der Waals surface area (Å²) in [5.74, 6) is -0.405. The Hall–Kier alpha value is -1.42. The van der Waals surface area contributed by atoms with Crippen molar-refractivity contribution in [2.45, 2.75) is 39.7 Å². The van der Waals surface area contributed by atoms with E-state index in [0.717, 1.165) is 0 Å². The minimum absolute atomic E-state index is 0.101. The summed E-state index contributed by atoms with van der Waals surface area (Å²) in [5.41, 5.74) is 5.68. The van der Waals surface area contributed by atoms with Crippen LogP contribution in [0.3, 0.4) is 0 Å². The molecule has 1 aromatic rings. The van der Waals surface area contributed by atoms with Crippen LogP contribution < -0.4 is 11.1 Å². The molecule has 0 aliphatic heterocycles. The van der Waals surface area contributed by atoms with E-state index in [4.69, 9.17) is 5.73 Å². The zero-order valence-corrected chi connectivity index (χ0v) is 11.9. The van der Waals surface area contributed by atoms with Crippen LogP contribution in [0.1, 0.15) is 45.2 Å². The lowest BCUT2D eigenvalue weighted by Crippen LogP contribution is -2.46. The molecule has 0 aliphatic carbocycles. The molecular formula is C15H23FN2O. The molecule has 4 heteroatoms. The van der Waals surface area contributed by atoms with Crippen molar-refractivity contribution in [1.29, 1.82) is 0 Å². The van der Waals surface area contributed by atoms with Crippen LogP contribution in [0.4, 0.5) is 4.39 Å². The molecular weight excluding hydrogens is 243 g/mol. The maximum atomic E-state index is 13.7. The fourth-order valence-corrected chi connectivity index (χ4v) is 2.21. The SMILES string of the molecule is CCC(CC)(CN)C(=O)NC(C)c1ccccc1F. The number of carbonyl (C=O) groups excluding carboxylic acids is 1. The number of benzene rings is 1. The van der Waals surface area contributed by atoms with Crippen molar-refractivity contribution >= 4 is 5.91 Å². The third-order valence-corrected chi connectivity index (χ3v) is 3.95. The standard InChI is InChI=1S/C15H23FN2O/c1-4-15(5-2,10-17)14(19)18-11(3)12-8-6-7-9-13(12)16/h6-9,11H,4-5,10,17H2,1-3H3,(H,18,19). The van der Waals surface area contributed by atoms with E-state index >= 15 is 0 Å². The fourth-order valence-electron chi connectivity index (χ4n) is 2.21. The number of rotatable bonds is 6. The second-order valence-corrected chi connectivity index (χ2v) is 4.91. The molecule has 0 aliphatic rings. The highest BCUT2D eigenvalue weighted by atomic mass is 19.1. The fraction of sp³-hybridized carbons (Fsp3) is 0.533. The second-order valence-electron chi connectivity index (χ2n) is 4.91. The van der Waals surface area contributed by atoms with E-state index in [1.54, 1.807) is 25.1 Å². The Labute approximate surface area is 114 Å². The van der Waals surface area contributed by atoms with Crippen molar-refractivity contribution in [2.75, 3.05) is 6.54 Å². The molecule has 0 bridgehead atoms. The van der Waals surface area contributed by atoms with Crippen molar-refractivity contribution < 1.29 is 9.18 Å². The first-order chi connectivity index (χ1) is 9.00. The predicted molar refractivity (Wildman–Crippen MR) is 75.0 cm³/mol. The molecule has 19 heavy (non-hydrogen) atoms. The van der Waals surface area contributed by atoms with Gasteiger partial charge in [0.05, 0.1) is 11.5 Å². The Balaban J connectivity index is 2.85. The largest absolute Gasteiger partial charge is 0.349 e. The van der Waals surface area contributed by atoms with E-state index in [0.29, 0.717) is 24.9 Å².